The van der Waals surface area contributed by atoms with Crippen molar-refractivity contribution in [3.8, 4) is 0 Å². The number of carbonyl (C=O) groups excluding carboxylic acids is 2. The van der Waals surface area contributed by atoms with Gasteiger partial charge in [0.25, 0.3) is 0 Å². The van der Waals surface area contributed by atoms with Gasteiger partial charge in [-0.3, -0.25) is 4.79 Å². The number of unbranched alkanes of at least 4 members (excludes halogenated alkanes) is 1. The Morgan fingerprint density at radius 1 is 1.47 bits per heavy atom. The summed E-state index contributed by atoms with van der Waals surface area (Å²) >= 11 is 1.92. The van der Waals surface area contributed by atoms with Gasteiger partial charge < -0.3 is 16.0 Å². The quantitative estimate of drug-likeness (QED) is 0.495. The maximum absolute atomic E-state index is 11.2. The van der Waals surface area contributed by atoms with Crippen LogP contribution in [0, 0.1) is 0 Å². The van der Waals surface area contributed by atoms with Crippen LogP contribution < -0.4 is 16.0 Å². The molecule has 2 rings (SSSR count). The second-order valence-corrected chi connectivity index (χ2v) is 5.81. The van der Waals surface area contributed by atoms with E-state index in [0.29, 0.717) is 17.7 Å². The monoisotopic (exact) mass is 257 g/mol. The third kappa shape index (κ3) is 3.06. The van der Waals surface area contributed by atoms with Crippen LogP contribution >= 0.6 is 11.8 Å². The molecule has 2 fully saturated rings. The van der Waals surface area contributed by atoms with E-state index in [-0.39, 0.29) is 18.0 Å². The van der Waals surface area contributed by atoms with Crippen molar-refractivity contribution in [2.24, 2.45) is 0 Å². The Hall–Kier alpha value is -0.910. The molecule has 5 nitrogen and oxygen atoms in total. The van der Waals surface area contributed by atoms with Gasteiger partial charge in [-0.15, -0.1) is 0 Å². The molecule has 96 valence electrons. The van der Waals surface area contributed by atoms with Gasteiger partial charge in [0.05, 0.1) is 12.1 Å². The second-order valence-electron chi connectivity index (χ2n) is 4.54. The van der Waals surface area contributed by atoms with E-state index in [1.54, 1.807) is 7.05 Å². The van der Waals surface area contributed by atoms with Crippen molar-refractivity contribution in [3.05, 3.63) is 0 Å². The average molecular weight is 257 g/mol. The number of carbonyl (C=O) groups is 2. The van der Waals surface area contributed by atoms with Crippen molar-refractivity contribution < 1.29 is 9.59 Å². The zero-order valence-electron chi connectivity index (χ0n) is 9.99. The fourth-order valence-corrected chi connectivity index (χ4v) is 3.94. The standard InChI is InChI=1S/C11H19N3O2S/c1-12-9(15)5-3-2-4-8-10-7(6-17-8)13-11(16)14-10/h7-8,10H,2-6H2,1H3,(H,12,15)(H2,13,14,16)/t7-,8-,10-/m1/s1. The van der Waals surface area contributed by atoms with Gasteiger partial charge >= 0.3 is 6.03 Å². The normalized spacial score (nSPS) is 30.6. The molecule has 2 saturated heterocycles. The van der Waals surface area contributed by atoms with Gasteiger partial charge in [0.2, 0.25) is 5.91 Å². The molecular weight excluding hydrogens is 238 g/mol. The van der Waals surface area contributed by atoms with Crippen molar-refractivity contribution in [1.29, 1.82) is 0 Å². The van der Waals surface area contributed by atoms with E-state index in [1.807, 2.05) is 11.8 Å². The Morgan fingerprint density at radius 2 is 2.29 bits per heavy atom. The molecule has 2 heterocycles. The lowest BCUT2D eigenvalue weighted by Crippen LogP contribution is -2.36. The minimum absolute atomic E-state index is 0.0318. The third-order valence-corrected chi connectivity index (χ3v) is 4.87. The summed E-state index contributed by atoms with van der Waals surface area (Å²) in [4.78, 5) is 22.2. The number of thioether (sulfide) groups is 1. The van der Waals surface area contributed by atoms with E-state index in [0.717, 1.165) is 25.0 Å². The molecule has 0 aromatic carbocycles. The molecule has 3 atom stereocenters. The molecule has 0 saturated carbocycles. The number of nitrogens with one attached hydrogen (secondary N) is 3. The number of urea groups is 1. The summed E-state index contributed by atoms with van der Waals surface area (Å²) in [6, 6.07) is 0.555. The highest BCUT2D eigenvalue weighted by molar-refractivity contribution is 8.00. The predicted molar refractivity (Wildman–Crippen MR) is 68.0 cm³/mol. The molecule has 2 aliphatic rings. The minimum Gasteiger partial charge on any atom is -0.359 e. The molecule has 6 heteroatoms. The fraction of sp³-hybridized carbons (Fsp3) is 0.818. The predicted octanol–water partition coefficient (Wildman–Crippen LogP) is 0.458. The van der Waals surface area contributed by atoms with E-state index in [1.165, 1.54) is 0 Å². The van der Waals surface area contributed by atoms with Gasteiger partial charge in [-0.05, 0) is 12.8 Å². The number of rotatable bonds is 5. The highest BCUT2D eigenvalue weighted by Gasteiger charge is 2.42. The van der Waals surface area contributed by atoms with Crippen molar-refractivity contribution in [3.63, 3.8) is 0 Å². The summed E-state index contributed by atoms with van der Waals surface area (Å²) < 4.78 is 0. The maximum atomic E-state index is 11.2. The van der Waals surface area contributed by atoms with Crippen LogP contribution in [0.2, 0.25) is 0 Å². The van der Waals surface area contributed by atoms with Crippen molar-refractivity contribution in [2.75, 3.05) is 12.8 Å². The molecule has 0 spiro atoms. The summed E-state index contributed by atoms with van der Waals surface area (Å²) in [5.74, 6) is 1.11. The summed E-state index contributed by atoms with van der Waals surface area (Å²) in [6.45, 7) is 0. The van der Waals surface area contributed by atoms with E-state index in [2.05, 4.69) is 16.0 Å². The third-order valence-electron chi connectivity index (χ3n) is 3.36. The van der Waals surface area contributed by atoms with E-state index in [9.17, 15) is 9.59 Å². The zero-order valence-corrected chi connectivity index (χ0v) is 10.8. The summed E-state index contributed by atoms with van der Waals surface area (Å²) in [5.41, 5.74) is 0. The van der Waals surface area contributed by atoms with Crippen molar-refractivity contribution >= 4 is 23.7 Å². The average Bonchev–Trinajstić information content (AvgIpc) is 2.84. The van der Waals surface area contributed by atoms with Gasteiger partial charge in [0.15, 0.2) is 0 Å². The van der Waals surface area contributed by atoms with Crippen molar-refractivity contribution in [2.45, 2.75) is 43.0 Å². The molecule has 0 radical (unpaired) electrons. The Morgan fingerprint density at radius 3 is 3.06 bits per heavy atom. The van der Waals surface area contributed by atoms with Crippen LogP contribution in [-0.4, -0.2) is 42.1 Å². The first-order valence-electron chi connectivity index (χ1n) is 6.10. The first-order chi connectivity index (χ1) is 8.20. The van der Waals surface area contributed by atoms with Crippen LogP contribution in [0.4, 0.5) is 4.79 Å². The Balaban J connectivity index is 1.66. The molecule has 0 aliphatic carbocycles. The van der Waals surface area contributed by atoms with Crippen LogP contribution in [-0.2, 0) is 4.79 Å². The SMILES string of the molecule is CNC(=O)CCCC[C@H]1SC[C@H]2NC(=O)N[C@H]21. The van der Waals surface area contributed by atoms with Gasteiger partial charge in [-0.25, -0.2) is 4.79 Å². The van der Waals surface area contributed by atoms with Gasteiger partial charge in [-0.2, -0.15) is 11.8 Å². The van der Waals surface area contributed by atoms with Gasteiger partial charge in [-0.1, -0.05) is 6.42 Å². The summed E-state index contributed by atoms with van der Waals surface area (Å²) in [6.07, 6.45) is 3.65. The number of fused-ring (bicyclic) bond motifs is 1. The topological polar surface area (TPSA) is 70.2 Å². The smallest absolute Gasteiger partial charge is 0.315 e. The minimum atomic E-state index is -0.0318. The summed E-state index contributed by atoms with van der Waals surface area (Å²) in [5, 5.41) is 9.03. The molecule has 0 unspecified atom stereocenters. The molecule has 17 heavy (non-hydrogen) atoms. The first-order valence-corrected chi connectivity index (χ1v) is 7.15. The Labute approximate surface area is 105 Å². The van der Waals surface area contributed by atoms with Crippen LogP contribution in [0.15, 0.2) is 0 Å². The Kier molecular flexibility index (Phi) is 4.15. The zero-order chi connectivity index (χ0) is 12.3. The lowest BCUT2D eigenvalue weighted by Gasteiger charge is -2.16. The van der Waals surface area contributed by atoms with Crippen LogP contribution in [0.5, 0.6) is 0 Å². The van der Waals surface area contributed by atoms with E-state index < -0.39 is 0 Å². The van der Waals surface area contributed by atoms with Gasteiger partial charge in [0, 0.05) is 24.5 Å². The number of hydrogen-bond acceptors (Lipinski definition) is 3. The largest absolute Gasteiger partial charge is 0.359 e. The highest BCUT2D eigenvalue weighted by atomic mass is 32.2. The second kappa shape index (κ2) is 5.62. The Bertz CT molecular complexity index is 311. The molecule has 0 aromatic rings. The first kappa shape index (κ1) is 12.5. The molecular formula is C11H19N3O2S. The lowest BCUT2D eigenvalue weighted by molar-refractivity contribution is -0.120. The van der Waals surface area contributed by atoms with Gasteiger partial charge in [0.1, 0.15) is 0 Å². The molecule has 2 aliphatic heterocycles. The fourth-order valence-electron chi connectivity index (χ4n) is 2.40. The van der Waals surface area contributed by atoms with Crippen LogP contribution in [0.3, 0.4) is 0 Å². The summed E-state index contributed by atoms with van der Waals surface area (Å²) in [7, 11) is 1.67. The molecule has 0 bridgehead atoms. The van der Waals surface area contributed by atoms with Crippen LogP contribution in [0.25, 0.3) is 0 Å². The van der Waals surface area contributed by atoms with Crippen LogP contribution in [0.1, 0.15) is 25.7 Å². The highest BCUT2D eigenvalue weighted by Crippen LogP contribution is 2.33. The molecule has 3 N–H and O–H groups in total. The van der Waals surface area contributed by atoms with E-state index >= 15 is 0 Å². The van der Waals surface area contributed by atoms with Crippen molar-refractivity contribution in [1.82, 2.24) is 16.0 Å². The molecule has 0 aromatic heterocycles. The number of amides is 3. The van der Waals surface area contributed by atoms with E-state index in [4.69, 9.17) is 0 Å². The lowest BCUT2D eigenvalue weighted by atomic mass is 10.0. The maximum Gasteiger partial charge on any atom is 0.315 e. The molecule has 3 amide bonds. The number of hydrogen-bond donors (Lipinski definition) is 3.